The van der Waals surface area contributed by atoms with Gasteiger partial charge in [-0.25, -0.2) is 13.1 Å². The predicted octanol–water partition coefficient (Wildman–Crippen LogP) is 1.50. The molecule has 9 nitrogen and oxygen atoms in total. The number of carbonyl (C=O) groups is 3. The third-order valence-corrected chi connectivity index (χ3v) is 6.27. The number of sulfonamides is 1. The molecule has 2 rings (SSSR count). The summed E-state index contributed by atoms with van der Waals surface area (Å²) in [5.41, 5.74) is 0.369. The van der Waals surface area contributed by atoms with Crippen LogP contribution in [0.4, 0.5) is 5.69 Å². The zero-order valence-electron chi connectivity index (χ0n) is 17.8. The Balaban J connectivity index is 1.93. The second-order valence-electron chi connectivity index (χ2n) is 7.91. The van der Waals surface area contributed by atoms with Gasteiger partial charge in [-0.2, -0.15) is 0 Å². The minimum absolute atomic E-state index is 0.00135. The summed E-state index contributed by atoms with van der Waals surface area (Å²) in [5, 5.41) is 2.58. The Kier molecular flexibility index (Phi) is 7.59. The summed E-state index contributed by atoms with van der Waals surface area (Å²) in [6, 6.07) is 5.42. The first-order chi connectivity index (χ1) is 13.9. The van der Waals surface area contributed by atoms with Crippen LogP contribution in [0, 0.1) is 5.92 Å². The summed E-state index contributed by atoms with van der Waals surface area (Å²) < 4.78 is 32.0. The van der Waals surface area contributed by atoms with Gasteiger partial charge in [-0.15, -0.1) is 0 Å². The maximum Gasteiger partial charge on any atom is 0.312 e. The molecule has 30 heavy (non-hydrogen) atoms. The van der Waals surface area contributed by atoms with Crippen LogP contribution < -0.4 is 10.0 Å². The molecule has 1 saturated heterocycles. The van der Waals surface area contributed by atoms with Crippen molar-refractivity contribution in [3.8, 4) is 0 Å². The summed E-state index contributed by atoms with van der Waals surface area (Å²) >= 11 is 0. The van der Waals surface area contributed by atoms with E-state index in [9.17, 15) is 22.8 Å². The van der Waals surface area contributed by atoms with E-state index in [1.54, 1.807) is 18.7 Å². The summed E-state index contributed by atoms with van der Waals surface area (Å²) in [5.74, 6) is -1.83. The Bertz CT molecular complexity index is 896. The van der Waals surface area contributed by atoms with E-state index < -0.39 is 33.9 Å². The topological polar surface area (TPSA) is 122 Å². The standard InChI is InChI=1S/C20H29N3O6S/c1-12(2)22-30(27,28)17-8-6-16(7-9-17)21-19(25)14(5)29-20(26)15-10-18(24)23(11-15)13(3)4/h6-9,12-15,22H,10-11H2,1-5H3,(H,21,25). The van der Waals surface area contributed by atoms with E-state index >= 15 is 0 Å². The Morgan fingerprint density at radius 2 is 1.70 bits per heavy atom. The lowest BCUT2D eigenvalue weighted by Crippen LogP contribution is -2.35. The van der Waals surface area contributed by atoms with Crippen LogP contribution in [0.25, 0.3) is 0 Å². The fourth-order valence-corrected chi connectivity index (χ4v) is 4.30. The highest BCUT2D eigenvalue weighted by atomic mass is 32.2. The number of nitrogens with one attached hydrogen (secondary N) is 2. The van der Waals surface area contributed by atoms with Crippen molar-refractivity contribution < 1.29 is 27.5 Å². The van der Waals surface area contributed by atoms with Gasteiger partial charge >= 0.3 is 5.97 Å². The molecule has 1 heterocycles. The average Bonchev–Trinajstić information content (AvgIpc) is 3.03. The maximum absolute atomic E-state index is 12.3. The van der Waals surface area contributed by atoms with Gasteiger partial charge in [0.25, 0.3) is 5.91 Å². The van der Waals surface area contributed by atoms with E-state index in [2.05, 4.69) is 10.0 Å². The van der Waals surface area contributed by atoms with Gasteiger partial charge in [0, 0.05) is 30.7 Å². The quantitative estimate of drug-likeness (QED) is 0.592. The molecule has 0 aliphatic carbocycles. The SMILES string of the molecule is CC(C)NS(=O)(=O)c1ccc(NC(=O)C(C)OC(=O)C2CC(=O)N(C(C)C)C2)cc1. The lowest BCUT2D eigenvalue weighted by atomic mass is 10.1. The molecule has 0 saturated carbocycles. The highest BCUT2D eigenvalue weighted by Crippen LogP contribution is 2.22. The van der Waals surface area contributed by atoms with Crippen molar-refractivity contribution in [1.82, 2.24) is 9.62 Å². The lowest BCUT2D eigenvalue weighted by molar-refractivity contribution is -0.157. The van der Waals surface area contributed by atoms with Crippen molar-refractivity contribution in [1.29, 1.82) is 0 Å². The Morgan fingerprint density at radius 3 is 2.20 bits per heavy atom. The van der Waals surface area contributed by atoms with Crippen LogP contribution in [0.5, 0.6) is 0 Å². The number of nitrogens with zero attached hydrogens (tertiary/aromatic N) is 1. The molecule has 1 aromatic rings. The largest absolute Gasteiger partial charge is 0.452 e. The summed E-state index contributed by atoms with van der Waals surface area (Å²) in [7, 11) is -3.63. The zero-order chi connectivity index (χ0) is 22.6. The molecule has 0 radical (unpaired) electrons. The molecule has 166 valence electrons. The molecular weight excluding hydrogens is 410 g/mol. The van der Waals surface area contributed by atoms with Crippen LogP contribution >= 0.6 is 0 Å². The molecule has 1 aromatic carbocycles. The molecule has 10 heteroatoms. The zero-order valence-corrected chi connectivity index (χ0v) is 18.7. The van der Waals surface area contributed by atoms with Crippen molar-refractivity contribution in [2.45, 2.75) is 64.1 Å². The van der Waals surface area contributed by atoms with Gasteiger partial charge < -0.3 is 15.0 Å². The smallest absolute Gasteiger partial charge is 0.312 e. The highest BCUT2D eigenvalue weighted by molar-refractivity contribution is 7.89. The molecule has 0 spiro atoms. The number of hydrogen-bond acceptors (Lipinski definition) is 6. The van der Waals surface area contributed by atoms with Gasteiger partial charge in [-0.05, 0) is 58.9 Å². The molecule has 0 aromatic heterocycles. The molecule has 2 atom stereocenters. The number of carbonyl (C=O) groups excluding carboxylic acids is 3. The van der Waals surface area contributed by atoms with E-state index in [0.29, 0.717) is 5.69 Å². The Hall–Kier alpha value is -2.46. The molecule has 1 aliphatic rings. The molecule has 1 fully saturated rings. The van der Waals surface area contributed by atoms with Crippen molar-refractivity contribution in [2.75, 3.05) is 11.9 Å². The average molecular weight is 440 g/mol. The van der Waals surface area contributed by atoms with Crippen LogP contribution in [0.15, 0.2) is 29.2 Å². The van der Waals surface area contributed by atoms with Crippen molar-refractivity contribution >= 4 is 33.5 Å². The predicted molar refractivity (Wildman–Crippen MR) is 111 cm³/mol. The monoisotopic (exact) mass is 439 g/mol. The van der Waals surface area contributed by atoms with Gasteiger partial charge in [0.15, 0.2) is 6.10 Å². The first-order valence-corrected chi connectivity index (χ1v) is 11.3. The summed E-state index contributed by atoms with van der Waals surface area (Å²) in [6.07, 6.45) is -0.988. The molecule has 2 amide bonds. The van der Waals surface area contributed by atoms with Crippen LogP contribution in [0.3, 0.4) is 0 Å². The van der Waals surface area contributed by atoms with Crippen molar-refractivity contribution in [3.05, 3.63) is 24.3 Å². The van der Waals surface area contributed by atoms with Gasteiger partial charge in [0.1, 0.15) is 0 Å². The summed E-state index contributed by atoms with van der Waals surface area (Å²) in [4.78, 5) is 38.3. The fraction of sp³-hybridized carbons (Fsp3) is 0.550. The number of anilines is 1. The van der Waals surface area contributed by atoms with Gasteiger partial charge in [-0.3, -0.25) is 14.4 Å². The molecule has 2 N–H and O–H groups in total. The number of rotatable bonds is 8. The van der Waals surface area contributed by atoms with E-state index in [1.165, 1.54) is 31.2 Å². The Morgan fingerprint density at radius 1 is 1.10 bits per heavy atom. The van der Waals surface area contributed by atoms with Gasteiger partial charge in [-0.1, -0.05) is 0 Å². The van der Waals surface area contributed by atoms with E-state index in [0.717, 1.165) is 0 Å². The minimum Gasteiger partial charge on any atom is -0.452 e. The van der Waals surface area contributed by atoms with Crippen LogP contribution in [0.1, 0.15) is 41.0 Å². The third kappa shape index (κ3) is 6.02. The highest BCUT2D eigenvalue weighted by Gasteiger charge is 2.37. The van der Waals surface area contributed by atoms with Crippen molar-refractivity contribution in [2.24, 2.45) is 5.92 Å². The first-order valence-electron chi connectivity index (χ1n) is 9.84. The van der Waals surface area contributed by atoms with Crippen LogP contribution in [0.2, 0.25) is 0 Å². The molecule has 0 bridgehead atoms. The van der Waals surface area contributed by atoms with Crippen LogP contribution in [-0.2, 0) is 29.1 Å². The molecule has 2 unspecified atom stereocenters. The lowest BCUT2D eigenvalue weighted by Gasteiger charge is -2.21. The summed E-state index contributed by atoms with van der Waals surface area (Å²) in [6.45, 7) is 8.90. The normalized spacial score (nSPS) is 18.0. The number of esters is 1. The minimum atomic E-state index is -3.63. The van der Waals surface area contributed by atoms with E-state index in [4.69, 9.17) is 4.74 Å². The Labute approximate surface area is 177 Å². The first kappa shape index (κ1) is 23.8. The number of hydrogen-bond donors (Lipinski definition) is 2. The van der Waals surface area contributed by atoms with Gasteiger partial charge in [0.2, 0.25) is 15.9 Å². The number of ether oxygens (including phenoxy) is 1. The fourth-order valence-electron chi connectivity index (χ4n) is 3.05. The molecule has 1 aliphatic heterocycles. The maximum atomic E-state index is 12.3. The third-order valence-electron chi connectivity index (χ3n) is 4.60. The van der Waals surface area contributed by atoms with E-state index in [-0.39, 0.29) is 35.9 Å². The second-order valence-corrected chi connectivity index (χ2v) is 9.62. The van der Waals surface area contributed by atoms with Crippen LogP contribution in [-0.4, -0.2) is 55.8 Å². The number of benzene rings is 1. The van der Waals surface area contributed by atoms with Crippen molar-refractivity contribution in [3.63, 3.8) is 0 Å². The molecular formula is C20H29N3O6S. The van der Waals surface area contributed by atoms with Gasteiger partial charge in [0.05, 0.1) is 10.8 Å². The number of amides is 2. The van der Waals surface area contributed by atoms with E-state index in [1.807, 2.05) is 13.8 Å². The second kappa shape index (κ2) is 9.57. The number of likely N-dealkylation sites (tertiary alicyclic amines) is 1.